The van der Waals surface area contributed by atoms with Gasteiger partial charge >= 0.3 is 0 Å². The number of thiophene rings is 1. The molecule has 6 heteroatoms. The maximum Gasteiger partial charge on any atom is 0.258 e. The molecule has 0 fully saturated rings. The van der Waals surface area contributed by atoms with E-state index in [1.165, 1.54) is 0 Å². The normalized spacial score (nSPS) is 12.3. The van der Waals surface area contributed by atoms with E-state index in [4.69, 9.17) is 4.74 Å². The molecule has 1 aromatic carbocycles. The van der Waals surface area contributed by atoms with Gasteiger partial charge in [0.05, 0.1) is 12.6 Å². The van der Waals surface area contributed by atoms with Crippen LogP contribution in [0.25, 0.3) is 0 Å². The van der Waals surface area contributed by atoms with Crippen molar-refractivity contribution >= 4 is 23.2 Å². The quantitative estimate of drug-likeness (QED) is 0.797. The zero-order chi connectivity index (χ0) is 18.3. The third-order valence-electron chi connectivity index (χ3n) is 3.56. The minimum absolute atomic E-state index is 0.0745. The standard InChI is InChI=1S/C19H24N2O3S/c1-19(2,3)18(15-10-7-11-25-15)21-16(22)12-20-17(23)13-24-14-8-5-4-6-9-14/h4-11,18H,12-13H2,1-3H3,(H,20,23)(H,21,22)/t18-/m0/s1. The third-order valence-corrected chi connectivity index (χ3v) is 4.50. The van der Waals surface area contributed by atoms with E-state index in [0.717, 1.165) is 4.88 Å². The number of rotatable bonds is 7. The van der Waals surface area contributed by atoms with Crippen LogP contribution in [0.5, 0.6) is 5.75 Å². The van der Waals surface area contributed by atoms with Crippen molar-refractivity contribution < 1.29 is 14.3 Å². The molecule has 2 N–H and O–H groups in total. The van der Waals surface area contributed by atoms with Gasteiger partial charge in [-0.2, -0.15) is 0 Å². The molecule has 2 amide bonds. The average molecular weight is 360 g/mol. The molecular formula is C19H24N2O3S. The van der Waals surface area contributed by atoms with Crippen molar-refractivity contribution in [2.24, 2.45) is 5.41 Å². The van der Waals surface area contributed by atoms with E-state index in [2.05, 4.69) is 31.4 Å². The summed E-state index contributed by atoms with van der Waals surface area (Å²) in [5.74, 6) is 0.0661. The fourth-order valence-electron chi connectivity index (χ4n) is 2.28. The number of para-hydroxylation sites is 1. The van der Waals surface area contributed by atoms with Crippen molar-refractivity contribution in [1.29, 1.82) is 0 Å². The van der Waals surface area contributed by atoms with Gasteiger partial charge in [-0.15, -0.1) is 11.3 Å². The monoisotopic (exact) mass is 360 g/mol. The van der Waals surface area contributed by atoms with E-state index < -0.39 is 0 Å². The lowest BCUT2D eigenvalue weighted by atomic mass is 9.86. The van der Waals surface area contributed by atoms with E-state index in [1.54, 1.807) is 23.5 Å². The van der Waals surface area contributed by atoms with Crippen LogP contribution in [0.15, 0.2) is 47.8 Å². The summed E-state index contributed by atoms with van der Waals surface area (Å²) >= 11 is 1.61. The number of benzene rings is 1. The van der Waals surface area contributed by atoms with Crippen molar-refractivity contribution in [1.82, 2.24) is 10.6 Å². The van der Waals surface area contributed by atoms with Crippen molar-refractivity contribution in [2.45, 2.75) is 26.8 Å². The molecule has 1 aromatic heterocycles. The van der Waals surface area contributed by atoms with Gasteiger partial charge in [-0.3, -0.25) is 9.59 Å². The highest BCUT2D eigenvalue weighted by Crippen LogP contribution is 2.34. The molecule has 2 aromatic rings. The second-order valence-electron chi connectivity index (χ2n) is 6.76. The van der Waals surface area contributed by atoms with Gasteiger partial charge in [0.2, 0.25) is 5.91 Å². The molecule has 1 heterocycles. The molecule has 2 rings (SSSR count). The Balaban J connectivity index is 1.80. The Hall–Kier alpha value is -2.34. The van der Waals surface area contributed by atoms with Crippen LogP contribution in [0.4, 0.5) is 0 Å². The molecule has 0 aliphatic rings. The fourth-order valence-corrected chi connectivity index (χ4v) is 3.30. The van der Waals surface area contributed by atoms with E-state index in [-0.39, 0.29) is 36.4 Å². The zero-order valence-electron chi connectivity index (χ0n) is 14.7. The summed E-state index contributed by atoms with van der Waals surface area (Å²) < 4.78 is 5.35. The van der Waals surface area contributed by atoms with Crippen LogP contribution in [0.2, 0.25) is 0 Å². The predicted octanol–water partition coefficient (Wildman–Crippen LogP) is 3.15. The summed E-state index contributed by atoms with van der Waals surface area (Å²) in [5, 5.41) is 7.58. The van der Waals surface area contributed by atoms with Crippen molar-refractivity contribution in [3.63, 3.8) is 0 Å². The summed E-state index contributed by atoms with van der Waals surface area (Å²) in [7, 11) is 0. The van der Waals surface area contributed by atoms with Gasteiger partial charge in [-0.25, -0.2) is 0 Å². The van der Waals surface area contributed by atoms with E-state index in [0.29, 0.717) is 5.75 Å². The number of hydrogen-bond acceptors (Lipinski definition) is 4. The Morgan fingerprint density at radius 2 is 1.80 bits per heavy atom. The van der Waals surface area contributed by atoms with Crippen LogP contribution in [-0.2, 0) is 9.59 Å². The van der Waals surface area contributed by atoms with Gasteiger partial charge in [-0.05, 0) is 29.0 Å². The Kier molecular flexibility index (Phi) is 6.58. The van der Waals surface area contributed by atoms with Gasteiger partial charge in [0.25, 0.3) is 5.91 Å². The summed E-state index contributed by atoms with van der Waals surface area (Å²) in [6, 6.07) is 13.0. The molecule has 0 radical (unpaired) electrons. The molecular weight excluding hydrogens is 336 g/mol. The lowest BCUT2D eigenvalue weighted by Crippen LogP contribution is -2.43. The lowest BCUT2D eigenvalue weighted by molar-refractivity contribution is -0.127. The first-order chi connectivity index (χ1) is 11.9. The molecule has 0 aliphatic carbocycles. The first-order valence-corrected chi connectivity index (χ1v) is 9.01. The smallest absolute Gasteiger partial charge is 0.258 e. The van der Waals surface area contributed by atoms with Crippen molar-refractivity contribution in [3.05, 3.63) is 52.7 Å². The van der Waals surface area contributed by atoms with Crippen LogP contribution >= 0.6 is 11.3 Å². The molecule has 25 heavy (non-hydrogen) atoms. The van der Waals surface area contributed by atoms with Gasteiger partial charge in [0.15, 0.2) is 6.61 Å². The number of amides is 2. The molecule has 0 bridgehead atoms. The van der Waals surface area contributed by atoms with Crippen LogP contribution < -0.4 is 15.4 Å². The van der Waals surface area contributed by atoms with E-state index in [1.807, 2.05) is 35.7 Å². The molecule has 134 valence electrons. The van der Waals surface area contributed by atoms with Gasteiger partial charge in [0.1, 0.15) is 5.75 Å². The number of nitrogens with one attached hydrogen (secondary N) is 2. The zero-order valence-corrected chi connectivity index (χ0v) is 15.6. The Labute approximate surface area is 152 Å². The maximum atomic E-state index is 12.2. The number of hydrogen-bond donors (Lipinski definition) is 2. The third kappa shape index (κ3) is 6.23. The van der Waals surface area contributed by atoms with Crippen LogP contribution in [0.3, 0.4) is 0 Å². The molecule has 0 spiro atoms. The largest absolute Gasteiger partial charge is 0.484 e. The van der Waals surface area contributed by atoms with Gasteiger partial charge in [0, 0.05) is 4.88 Å². The van der Waals surface area contributed by atoms with Crippen molar-refractivity contribution in [3.8, 4) is 5.75 Å². The highest BCUT2D eigenvalue weighted by molar-refractivity contribution is 7.10. The topological polar surface area (TPSA) is 67.4 Å². The molecule has 0 unspecified atom stereocenters. The summed E-state index contributed by atoms with van der Waals surface area (Å²) in [6.07, 6.45) is 0. The van der Waals surface area contributed by atoms with Crippen LogP contribution in [0.1, 0.15) is 31.7 Å². The maximum absolute atomic E-state index is 12.2. The minimum atomic E-state index is -0.331. The number of carbonyl (C=O) groups is 2. The molecule has 0 aliphatic heterocycles. The van der Waals surface area contributed by atoms with Crippen molar-refractivity contribution in [2.75, 3.05) is 13.2 Å². The van der Waals surface area contributed by atoms with Gasteiger partial charge < -0.3 is 15.4 Å². The Morgan fingerprint density at radius 1 is 1.08 bits per heavy atom. The highest BCUT2D eigenvalue weighted by atomic mass is 32.1. The minimum Gasteiger partial charge on any atom is -0.484 e. The van der Waals surface area contributed by atoms with Crippen LogP contribution in [0, 0.1) is 5.41 Å². The first-order valence-electron chi connectivity index (χ1n) is 8.13. The second kappa shape index (κ2) is 8.67. The summed E-state index contributed by atoms with van der Waals surface area (Å²) in [6.45, 7) is 6.03. The highest BCUT2D eigenvalue weighted by Gasteiger charge is 2.28. The predicted molar refractivity (Wildman–Crippen MR) is 99.6 cm³/mol. The first kappa shape index (κ1) is 19.0. The number of ether oxygens (including phenoxy) is 1. The van der Waals surface area contributed by atoms with E-state index in [9.17, 15) is 9.59 Å². The lowest BCUT2D eigenvalue weighted by Gasteiger charge is -2.30. The SMILES string of the molecule is CC(C)(C)[C@@H](NC(=O)CNC(=O)COc1ccccc1)c1cccs1. The molecule has 0 saturated carbocycles. The molecule has 5 nitrogen and oxygen atoms in total. The fraction of sp³-hybridized carbons (Fsp3) is 0.368. The van der Waals surface area contributed by atoms with Crippen LogP contribution in [-0.4, -0.2) is 25.0 Å². The molecule has 0 saturated heterocycles. The average Bonchev–Trinajstić information content (AvgIpc) is 3.10. The second-order valence-corrected chi connectivity index (χ2v) is 7.74. The van der Waals surface area contributed by atoms with Gasteiger partial charge in [-0.1, -0.05) is 45.0 Å². The Morgan fingerprint density at radius 3 is 2.40 bits per heavy atom. The number of carbonyl (C=O) groups excluding carboxylic acids is 2. The summed E-state index contributed by atoms with van der Waals surface area (Å²) in [4.78, 5) is 25.1. The van der Waals surface area contributed by atoms with E-state index >= 15 is 0 Å². The Bertz CT molecular complexity index is 678. The summed E-state index contributed by atoms with van der Waals surface area (Å²) in [5.41, 5.74) is -0.124. The molecule has 1 atom stereocenters.